The maximum absolute atomic E-state index is 12.3. The molecule has 23 heavy (non-hydrogen) atoms. The zero-order valence-electron chi connectivity index (χ0n) is 13.9. The fourth-order valence-corrected chi connectivity index (χ4v) is 2.63. The molecule has 0 saturated heterocycles. The summed E-state index contributed by atoms with van der Waals surface area (Å²) in [6, 6.07) is -0.157. The van der Waals surface area contributed by atoms with E-state index in [1.165, 1.54) is 0 Å². The normalized spacial score (nSPS) is 24.1. The molecule has 0 bridgehead atoms. The molecule has 0 heterocycles. The standard InChI is InChI=1S/C15H27F3N2O3/c1-14(2,3)23-13(22)20-8-10-6-4-5-7-11(10)19-9-12(21)15(16,17)18/h10-12,19,21H,4-9H2,1-3H3,(H,20,22). The van der Waals surface area contributed by atoms with E-state index in [0.717, 1.165) is 25.7 Å². The summed E-state index contributed by atoms with van der Waals surface area (Å²) in [5.41, 5.74) is -0.592. The number of aliphatic hydroxyl groups excluding tert-OH is 1. The lowest BCUT2D eigenvalue weighted by Crippen LogP contribution is -2.49. The lowest BCUT2D eigenvalue weighted by molar-refractivity contribution is -0.202. The first-order valence-corrected chi connectivity index (χ1v) is 7.94. The van der Waals surface area contributed by atoms with Gasteiger partial charge in [0.25, 0.3) is 0 Å². The number of alkyl carbamates (subject to hydrolysis) is 1. The van der Waals surface area contributed by atoms with Crippen molar-refractivity contribution < 1.29 is 27.8 Å². The van der Waals surface area contributed by atoms with Crippen LogP contribution in [0.2, 0.25) is 0 Å². The van der Waals surface area contributed by atoms with Crippen molar-refractivity contribution in [3.63, 3.8) is 0 Å². The summed E-state index contributed by atoms with van der Waals surface area (Å²) >= 11 is 0. The predicted molar refractivity (Wildman–Crippen MR) is 80.0 cm³/mol. The maximum Gasteiger partial charge on any atom is 0.415 e. The first-order valence-electron chi connectivity index (χ1n) is 7.94. The van der Waals surface area contributed by atoms with Crippen molar-refractivity contribution in [2.24, 2.45) is 5.92 Å². The van der Waals surface area contributed by atoms with Crippen LogP contribution in [0.4, 0.5) is 18.0 Å². The van der Waals surface area contributed by atoms with Gasteiger partial charge in [-0.15, -0.1) is 0 Å². The quantitative estimate of drug-likeness (QED) is 0.719. The van der Waals surface area contributed by atoms with Gasteiger partial charge in [0, 0.05) is 19.1 Å². The van der Waals surface area contributed by atoms with Crippen molar-refractivity contribution in [2.45, 2.75) is 70.4 Å². The molecule has 1 fully saturated rings. The Bertz CT molecular complexity index is 383. The summed E-state index contributed by atoms with van der Waals surface area (Å²) in [6.07, 6.45) is -4.09. The van der Waals surface area contributed by atoms with Gasteiger partial charge in [-0.05, 0) is 39.5 Å². The molecular weight excluding hydrogens is 313 g/mol. The number of halogens is 3. The van der Waals surface area contributed by atoms with Crippen molar-refractivity contribution in [1.29, 1.82) is 0 Å². The lowest BCUT2D eigenvalue weighted by atomic mass is 9.84. The second-order valence-electron chi connectivity index (χ2n) is 7.00. The number of alkyl halides is 3. The number of ether oxygens (including phenoxy) is 1. The van der Waals surface area contributed by atoms with E-state index in [1.54, 1.807) is 20.8 Å². The third-order valence-corrected chi connectivity index (χ3v) is 3.77. The highest BCUT2D eigenvalue weighted by molar-refractivity contribution is 5.67. The van der Waals surface area contributed by atoms with Crippen LogP contribution in [0.1, 0.15) is 46.5 Å². The number of hydrogen-bond donors (Lipinski definition) is 3. The second-order valence-corrected chi connectivity index (χ2v) is 7.00. The molecule has 5 nitrogen and oxygen atoms in total. The van der Waals surface area contributed by atoms with Crippen LogP contribution in [-0.2, 0) is 4.74 Å². The van der Waals surface area contributed by atoms with Crippen molar-refractivity contribution in [2.75, 3.05) is 13.1 Å². The predicted octanol–water partition coefficient (Wildman–Crippen LogP) is 2.58. The Balaban J connectivity index is 2.44. The number of carbonyl (C=O) groups excluding carboxylic acids is 1. The third-order valence-electron chi connectivity index (χ3n) is 3.77. The smallest absolute Gasteiger partial charge is 0.415 e. The molecule has 0 aromatic carbocycles. The zero-order valence-corrected chi connectivity index (χ0v) is 13.9. The minimum Gasteiger partial charge on any atom is -0.444 e. The minimum atomic E-state index is -4.62. The molecule has 0 aliphatic heterocycles. The van der Waals surface area contributed by atoms with E-state index < -0.39 is 30.5 Å². The number of amides is 1. The summed E-state index contributed by atoms with van der Waals surface area (Å²) < 4.78 is 42.2. The van der Waals surface area contributed by atoms with Gasteiger partial charge >= 0.3 is 12.3 Å². The molecule has 1 rings (SSSR count). The maximum atomic E-state index is 12.3. The van der Waals surface area contributed by atoms with Crippen molar-refractivity contribution >= 4 is 6.09 Å². The molecule has 3 N–H and O–H groups in total. The van der Waals surface area contributed by atoms with Crippen LogP contribution in [0.3, 0.4) is 0 Å². The number of nitrogens with one attached hydrogen (secondary N) is 2. The zero-order chi connectivity index (χ0) is 17.7. The molecule has 0 spiro atoms. The topological polar surface area (TPSA) is 70.6 Å². The molecular formula is C15H27F3N2O3. The van der Waals surface area contributed by atoms with E-state index in [-0.39, 0.29) is 12.0 Å². The van der Waals surface area contributed by atoms with Gasteiger partial charge in [0.1, 0.15) is 5.60 Å². The molecule has 3 unspecified atom stereocenters. The molecule has 1 aliphatic carbocycles. The first kappa shape index (κ1) is 20.0. The van der Waals surface area contributed by atoms with Crippen LogP contribution in [-0.4, -0.2) is 48.2 Å². The van der Waals surface area contributed by atoms with Gasteiger partial charge in [-0.1, -0.05) is 12.8 Å². The van der Waals surface area contributed by atoms with E-state index >= 15 is 0 Å². The Hall–Kier alpha value is -1.02. The highest BCUT2D eigenvalue weighted by Crippen LogP contribution is 2.25. The Morgan fingerprint density at radius 3 is 2.43 bits per heavy atom. The molecule has 0 aromatic rings. The monoisotopic (exact) mass is 340 g/mol. The summed E-state index contributed by atoms with van der Waals surface area (Å²) in [6.45, 7) is 5.09. The van der Waals surface area contributed by atoms with Crippen molar-refractivity contribution in [3.8, 4) is 0 Å². The summed E-state index contributed by atoms with van der Waals surface area (Å²) in [5, 5.41) is 14.5. The van der Waals surface area contributed by atoms with Gasteiger partial charge in [-0.2, -0.15) is 13.2 Å². The van der Waals surface area contributed by atoms with E-state index in [2.05, 4.69) is 10.6 Å². The highest BCUT2D eigenvalue weighted by Gasteiger charge is 2.38. The van der Waals surface area contributed by atoms with Gasteiger partial charge < -0.3 is 20.5 Å². The molecule has 1 aliphatic rings. The fourth-order valence-electron chi connectivity index (χ4n) is 2.63. The van der Waals surface area contributed by atoms with Crippen LogP contribution in [0.25, 0.3) is 0 Å². The Kier molecular flexibility index (Phi) is 7.13. The highest BCUT2D eigenvalue weighted by atomic mass is 19.4. The van der Waals surface area contributed by atoms with Crippen LogP contribution in [0, 0.1) is 5.92 Å². The van der Waals surface area contributed by atoms with Crippen LogP contribution in [0.15, 0.2) is 0 Å². The van der Waals surface area contributed by atoms with Gasteiger partial charge in [0.05, 0.1) is 0 Å². The summed E-state index contributed by atoms with van der Waals surface area (Å²) in [4.78, 5) is 11.7. The van der Waals surface area contributed by atoms with E-state index in [0.29, 0.717) is 6.54 Å². The Labute approximate surface area is 135 Å². The number of rotatable bonds is 5. The van der Waals surface area contributed by atoms with Crippen LogP contribution in [0.5, 0.6) is 0 Å². The molecule has 8 heteroatoms. The van der Waals surface area contributed by atoms with Crippen LogP contribution >= 0.6 is 0 Å². The van der Waals surface area contributed by atoms with Gasteiger partial charge in [-0.25, -0.2) is 4.79 Å². The Morgan fingerprint density at radius 1 is 1.26 bits per heavy atom. The number of hydrogen-bond acceptors (Lipinski definition) is 4. The lowest BCUT2D eigenvalue weighted by Gasteiger charge is -2.33. The van der Waals surface area contributed by atoms with Gasteiger partial charge in [0.2, 0.25) is 0 Å². The van der Waals surface area contributed by atoms with E-state index in [1.807, 2.05) is 0 Å². The molecule has 0 radical (unpaired) electrons. The minimum absolute atomic E-state index is 0.0247. The SMILES string of the molecule is CC(C)(C)OC(=O)NCC1CCCCC1NCC(O)C(F)(F)F. The van der Waals surface area contributed by atoms with Gasteiger partial charge in [0.15, 0.2) is 6.10 Å². The average molecular weight is 340 g/mol. The average Bonchev–Trinajstić information content (AvgIpc) is 2.40. The third kappa shape index (κ3) is 7.87. The second kappa shape index (κ2) is 8.19. The summed E-state index contributed by atoms with van der Waals surface area (Å²) in [5.74, 6) is 0.0247. The largest absolute Gasteiger partial charge is 0.444 e. The number of carbonyl (C=O) groups is 1. The van der Waals surface area contributed by atoms with Crippen molar-refractivity contribution in [3.05, 3.63) is 0 Å². The fraction of sp³-hybridized carbons (Fsp3) is 0.933. The molecule has 0 aromatic heterocycles. The molecule has 1 amide bonds. The molecule has 1 saturated carbocycles. The number of aliphatic hydroxyl groups is 1. The molecule has 136 valence electrons. The summed E-state index contributed by atoms with van der Waals surface area (Å²) in [7, 11) is 0. The molecule has 3 atom stereocenters. The van der Waals surface area contributed by atoms with Crippen LogP contribution < -0.4 is 10.6 Å². The van der Waals surface area contributed by atoms with E-state index in [9.17, 15) is 18.0 Å². The van der Waals surface area contributed by atoms with Crippen molar-refractivity contribution in [1.82, 2.24) is 10.6 Å². The van der Waals surface area contributed by atoms with E-state index in [4.69, 9.17) is 9.84 Å². The Morgan fingerprint density at radius 2 is 1.87 bits per heavy atom. The first-order chi connectivity index (χ1) is 10.5. The van der Waals surface area contributed by atoms with Gasteiger partial charge in [-0.3, -0.25) is 0 Å².